The molecule has 0 saturated heterocycles. The largest absolute Gasteiger partial charge is 1.00 e. The fourth-order valence-electron chi connectivity index (χ4n) is 7.34. The van der Waals surface area contributed by atoms with Crippen LogP contribution in [-0.2, 0) is 14.6 Å². The van der Waals surface area contributed by atoms with E-state index in [0.29, 0.717) is 0 Å². The van der Waals surface area contributed by atoms with Gasteiger partial charge in [0.15, 0.2) is 0 Å². The Morgan fingerprint density at radius 3 is 0.735 bits per heavy atom. The van der Waals surface area contributed by atoms with E-state index in [9.17, 15) is 13.0 Å². The summed E-state index contributed by atoms with van der Waals surface area (Å²) in [5.74, 6) is 0.195. The van der Waals surface area contributed by atoms with Crippen LogP contribution in [0.15, 0.2) is 0 Å². The average Bonchev–Trinajstić information content (AvgIpc) is 3.06. The standard InChI is InChI=1S/C43H88O4S.K/c1-3-5-7-9-11-13-15-17-19-21-23-25-27-29-31-33-35-37-39-41-43(42-47-48(44,45)46)40-38-36-34-32-30-28-26-24-22-20-18-16-14-12-10-8-6-4-2;/h43H,3-42H2,1-2H3,(H,44,45,46);/q;+1/p-1. The number of rotatable bonds is 42. The van der Waals surface area contributed by atoms with Crippen LogP contribution in [0.1, 0.15) is 264 Å². The maximum atomic E-state index is 11.0. The van der Waals surface area contributed by atoms with Crippen molar-refractivity contribution in [2.75, 3.05) is 6.61 Å². The molecule has 0 amide bonds. The monoisotopic (exact) mass is 739 g/mol. The normalized spacial score (nSPS) is 12.4. The van der Waals surface area contributed by atoms with Crippen molar-refractivity contribution >= 4 is 10.4 Å². The van der Waals surface area contributed by atoms with Gasteiger partial charge >= 0.3 is 51.4 Å². The molecule has 0 radical (unpaired) electrons. The quantitative estimate of drug-likeness (QED) is 0.0271. The molecule has 0 aromatic carbocycles. The molecule has 0 aliphatic rings. The second kappa shape index (κ2) is 43.9. The molecule has 0 aliphatic carbocycles. The van der Waals surface area contributed by atoms with Gasteiger partial charge in [-0.2, -0.15) is 0 Å². The van der Waals surface area contributed by atoms with Crippen molar-refractivity contribution in [3.8, 4) is 0 Å². The first-order valence-electron chi connectivity index (χ1n) is 22.1. The average molecular weight is 739 g/mol. The molecule has 0 fully saturated rings. The van der Waals surface area contributed by atoms with E-state index in [1.807, 2.05) is 0 Å². The van der Waals surface area contributed by atoms with Gasteiger partial charge in [-0.25, -0.2) is 8.42 Å². The second-order valence-electron chi connectivity index (χ2n) is 15.5. The zero-order chi connectivity index (χ0) is 35.1. The molecule has 0 aromatic rings. The first-order chi connectivity index (χ1) is 23.5. The molecule has 4 nitrogen and oxygen atoms in total. The SMILES string of the molecule is CCCCCCCCCCCCCCCCCCCCCC(CCCCCCCCCCCCCCCCCCCC)COS(=O)(=O)[O-].[K+]. The summed E-state index contributed by atoms with van der Waals surface area (Å²) >= 11 is 0. The van der Waals surface area contributed by atoms with E-state index in [4.69, 9.17) is 0 Å². The molecule has 1 atom stereocenters. The van der Waals surface area contributed by atoms with Crippen molar-refractivity contribution < 1.29 is 68.5 Å². The fraction of sp³-hybridized carbons (Fsp3) is 1.00. The van der Waals surface area contributed by atoms with Gasteiger partial charge in [0.2, 0.25) is 10.4 Å². The Hall–Kier alpha value is 1.51. The van der Waals surface area contributed by atoms with E-state index in [1.54, 1.807) is 0 Å². The fourth-order valence-corrected chi connectivity index (χ4v) is 7.70. The molecule has 0 bridgehead atoms. The van der Waals surface area contributed by atoms with Crippen LogP contribution in [-0.4, -0.2) is 19.6 Å². The minimum Gasteiger partial charge on any atom is -0.726 e. The third-order valence-corrected chi connectivity index (χ3v) is 11.1. The summed E-state index contributed by atoms with van der Waals surface area (Å²) in [6.07, 6.45) is 52.7. The van der Waals surface area contributed by atoms with E-state index in [0.717, 1.165) is 25.7 Å². The molecule has 0 aliphatic heterocycles. The van der Waals surface area contributed by atoms with Crippen LogP contribution in [0, 0.1) is 5.92 Å². The Balaban J connectivity index is 0. The van der Waals surface area contributed by atoms with E-state index in [1.165, 1.54) is 225 Å². The molecular formula is C43H87KO4S. The molecule has 0 rings (SSSR count). The Morgan fingerprint density at radius 1 is 0.367 bits per heavy atom. The molecular weight excluding hydrogens is 652 g/mol. The van der Waals surface area contributed by atoms with E-state index in [-0.39, 0.29) is 63.9 Å². The molecule has 49 heavy (non-hydrogen) atoms. The third kappa shape index (κ3) is 47.5. The van der Waals surface area contributed by atoms with Gasteiger partial charge in [-0.15, -0.1) is 0 Å². The minimum atomic E-state index is -4.60. The summed E-state index contributed by atoms with van der Waals surface area (Å²) in [5.41, 5.74) is 0. The van der Waals surface area contributed by atoms with E-state index >= 15 is 0 Å². The van der Waals surface area contributed by atoms with Gasteiger partial charge in [0.1, 0.15) is 0 Å². The van der Waals surface area contributed by atoms with Gasteiger partial charge in [0.05, 0.1) is 6.61 Å². The summed E-state index contributed by atoms with van der Waals surface area (Å²) in [4.78, 5) is 0. The van der Waals surface area contributed by atoms with Crippen LogP contribution in [0.25, 0.3) is 0 Å². The molecule has 6 heteroatoms. The zero-order valence-electron chi connectivity index (χ0n) is 33.9. The molecule has 0 aromatic heterocycles. The van der Waals surface area contributed by atoms with Crippen molar-refractivity contribution in [3.63, 3.8) is 0 Å². The van der Waals surface area contributed by atoms with Crippen LogP contribution in [0.2, 0.25) is 0 Å². The van der Waals surface area contributed by atoms with E-state index in [2.05, 4.69) is 18.0 Å². The first-order valence-corrected chi connectivity index (χ1v) is 23.4. The Kier molecular flexibility index (Phi) is 47.1. The molecule has 0 saturated carbocycles. The van der Waals surface area contributed by atoms with Crippen LogP contribution in [0.4, 0.5) is 0 Å². The Bertz CT molecular complexity index is 702. The first kappa shape index (κ1) is 52.6. The summed E-state index contributed by atoms with van der Waals surface area (Å²) in [6.45, 7) is 4.65. The number of hydrogen-bond donors (Lipinski definition) is 0. The Morgan fingerprint density at radius 2 is 0.551 bits per heavy atom. The van der Waals surface area contributed by atoms with Crippen LogP contribution in [0.3, 0.4) is 0 Å². The maximum absolute atomic E-state index is 11.0. The van der Waals surface area contributed by atoms with Crippen molar-refractivity contribution in [2.45, 2.75) is 264 Å². The predicted octanol–water partition coefficient (Wildman–Crippen LogP) is 12.3. The molecule has 1 unspecified atom stereocenters. The molecule has 0 N–H and O–H groups in total. The molecule has 0 spiro atoms. The van der Waals surface area contributed by atoms with Gasteiger partial charge in [-0.1, -0.05) is 251 Å². The summed E-state index contributed by atoms with van der Waals surface area (Å²) in [6, 6.07) is 0. The van der Waals surface area contributed by atoms with Crippen LogP contribution < -0.4 is 51.4 Å². The molecule has 0 heterocycles. The maximum Gasteiger partial charge on any atom is 1.00 e. The van der Waals surface area contributed by atoms with Gasteiger partial charge < -0.3 is 4.55 Å². The van der Waals surface area contributed by atoms with Crippen LogP contribution >= 0.6 is 0 Å². The third-order valence-electron chi connectivity index (χ3n) is 10.6. The molecule has 290 valence electrons. The summed E-state index contributed by atoms with van der Waals surface area (Å²) < 4.78 is 37.8. The van der Waals surface area contributed by atoms with E-state index < -0.39 is 10.4 Å². The number of unbranched alkanes of at least 4 members (excludes halogenated alkanes) is 35. The Labute approximate surface area is 352 Å². The van der Waals surface area contributed by atoms with Crippen LogP contribution in [0.5, 0.6) is 0 Å². The smallest absolute Gasteiger partial charge is 0.726 e. The zero-order valence-corrected chi connectivity index (χ0v) is 37.8. The minimum absolute atomic E-state index is 0. The van der Waals surface area contributed by atoms with Crippen molar-refractivity contribution in [1.29, 1.82) is 0 Å². The van der Waals surface area contributed by atoms with Gasteiger partial charge in [0.25, 0.3) is 0 Å². The van der Waals surface area contributed by atoms with Gasteiger partial charge in [-0.05, 0) is 18.8 Å². The predicted molar refractivity (Wildman–Crippen MR) is 211 cm³/mol. The second-order valence-corrected chi connectivity index (χ2v) is 16.6. The summed E-state index contributed by atoms with van der Waals surface area (Å²) in [5, 5.41) is 0. The van der Waals surface area contributed by atoms with Crippen molar-refractivity contribution in [1.82, 2.24) is 0 Å². The van der Waals surface area contributed by atoms with Gasteiger partial charge in [0, 0.05) is 0 Å². The van der Waals surface area contributed by atoms with Gasteiger partial charge in [-0.3, -0.25) is 4.18 Å². The summed E-state index contributed by atoms with van der Waals surface area (Å²) in [7, 11) is -4.60. The van der Waals surface area contributed by atoms with Crippen molar-refractivity contribution in [3.05, 3.63) is 0 Å². The number of hydrogen-bond acceptors (Lipinski definition) is 4. The van der Waals surface area contributed by atoms with Crippen molar-refractivity contribution in [2.24, 2.45) is 5.92 Å². The topological polar surface area (TPSA) is 66.4 Å².